The Morgan fingerprint density at radius 3 is 1.15 bits per heavy atom. The number of thiazole rings is 2. The van der Waals surface area contributed by atoms with Gasteiger partial charge >= 0.3 is 0 Å². The number of fused-ring (bicyclic) bond motifs is 4. The van der Waals surface area contributed by atoms with Gasteiger partial charge in [-0.2, -0.15) is 0 Å². The molecule has 0 unspecified atom stereocenters. The molecule has 2 heterocycles. The molecule has 0 bridgehead atoms. The maximum atomic E-state index is 5.06. The molecule has 7 aromatic carbocycles. The SMILES string of the molecule is Cc1cc2c(-c3ccc(-c4nc5ccc([Si](C)(C)C)cc5s4)cc3)c3ccccc3c(-c3ccc(-c4nc5ccc([Si](C)(C)C)cc5s4)cc3)c2cc1C. The number of rotatable bonds is 6. The van der Waals surface area contributed by atoms with Crippen LogP contribution < -0.4 is 10.4 Å². The van der Waals surface area contributed by atoms with Gasteiger partial charge in [-0.3, -0.25) is 0 Å². The van der Waals surface area contributed by atoms with Gasteiger partial charge < -0.3 is 0 Å². The van der Waals surface area contributed by atoms with E-state index in [9.17, 15) is 0 Å². The van der Waals surface area contributed by atoms with Crippen molar-refractivity contribution in [2.24, 2.45) is 0 Å². The van der Waals surface area contributed by atoms with Crippen molar-refractivity contribution in [3.8, 4) is 43.4 Å². The Morgan fingerprint density at radius 2 is 0.778 bits per heavy atom. The van der Waals surface area contributed by atoms with Crippen LogP contribution in [-0.4, -0.2) is 26.1 Å². The second-order valence-electron chi connectivity index (χ2n) is 16.8. The lowest BCUT2D eigenvalue weighted by Crippen LogP contribution is -2.37. The van der Waals surface area contributed by atoms with Gasteiger partial charge in [0, 0.05) is 11.1 Å². The first-order chi connectivity index (χ1) is 25.8. The molecule has 6 heteroatoms. The van der Waals surface area contributed by atoms with E-state index in [1.807, 2.05) is 0 Å². The molecule has 266 valence electrons. The molecular weight excluding hydrogens is 725 g/mol. The minimum atomic E-state index is -1.40. The highest BCUT2D eigenvalue weighted by molar-refractivity contribution is 7.22. The fourth-order valence-corrected chi connectivity index (χ4v) is 12.2. The lowest BCUT2D eigenvalue weighted by molar-refractivity contribution is 1.37. The van der Waals surface area contributed by atoms with Crippen LogP contribution in [0.15, 0.2) is 121 Å². The zero-order chi connectivity index (χ0) is 37.5. The van der Waals surface area contributed by atoms with Gasteiger partial charge in [-0.1, -0.05) is 147 Å². The molecule has 0 aliphatic rings. The van der Waals surface area contributed by atoms with Crippen LogP contribution >= 0.6 is 22.7 Å². The largest absolute Gasteiger partial charge is 0.236 e. The van der Waals surface area contributed by atoms with Crippen LogP contribution in [0.4, 0.5) is 0 Å². The highest BCUT2D eigenvalue weighted by Gasteiger charge is 2.21. The summed E-state index contributed by atoms with van der Waals surface area (Å²) in [4.78, 5) is 10.1. The molecule has 0 atom stereocenters. The van der Waals surface area contributed by atoms with Crippen molar-refractivity contribution >= 4 is 91.2 Å². The third-order valence-electron chi connectivity index (χ3n) is 11.0. The van der Waals surface area contributed by atoms with E-state index in [4.69, 9.17) is 9.97 Å². The molecule has 2 nitrogen and oxygen atoms in total. The molecule has 0 saturated heterocycles. The summed E-state index contributed by atoms with van der Waals surface area (Å²) in [6, 6.07) is 45.7. The number of nitrogens with zero attached hydrogens (tertiary/aromatic N) is 2. The number of hydrogen-bond acceptors (Lipinski definition) is 4. The molecule has 0 N–H and O–H groups in total. The van der Waals surface area contributed by atoms with E-state index in [1.165, 1.54) is 74.7 Å². The van der Waals surface area contributed by atoms with Crippen LogP contribution in [-0.2, 0) is 0 Å². The van der Waals surface area contributed by atoms with Gasteiger partial charge in [0.05, 0.1) is 36.6 Å². The molecule has 2 aromatic heterocycles. The minimum absolute atomic E-state index is 1.08. The molecule has 9 aromatic rings. The Morgan fingerprint density at radius 1 is 0.407 bits per heavy atom. The number of benzene rings is 7. The minimum Gasteiger partial charge on any atom is -0.236 e. The second kappa shape index (κ2) is 12.9. The van der Waals surface area contributed by atoms with E-state index in [2.05, 4.69) is 174 Å². The summed E-state index contributed by atoms with van der Waals surface area (Å²) >= 11 is 3.60. The van der Waals surface area contributed by atoms with Crippen molar-refractivity contribution in [3.05, 3.63) is 132 Å². The number of aromatic nitrogens is 2. The van der Waals surface area contributed by atoms with Crippen molar-refractivity contribution in [2.75, 3.05) is 0 Å². The van der Waals surface area contributed by atoms with Gasteiger partial charge in [-0.25, -0.2) is 9.97 Å². The zero-order valence-electron chi connectivity index (χ0n) is 32.3. The normalized spacial score (nSPS) is 12.4. The average Bonchev–Trinajstić information content (AvgIpc) is 3.78. The summed E-state index contributed by atoms with van der Waals surface area (Å²) in [5, 5.41) is 10.2. The predicted octanol–water partition coefficient (Wildman–Crippen LogP) is 13.6. The Kier molecular flexibility index (Phi) is 8.39. The molecule has 0 saturated carbocycles. The fraction of sp³-hybridized carbons (Fsp3) is 0.167. The van der Waals surface area contributed by atoms with E-state index in [-0.39, 0.29) is 0 Å². The molecule has 9 rings (SSSR count). The van der Waals surface area contributed by atoms with E-state index >= 15 is 0 Å². The van der Waals surface area contributed by atoms with E-state index in [0.29, 0.717) is 0 Å². The van der Waals surface area contributed by atoms with Crippen molar-refractivity contribution in [1.29, 1.82) is 0 Å². The van der Waals surface area contributed by atoms with Crippen molar-refractivity contribution in [2.45, 2.75) is 53.1 Å². The summed E-state index contributed by atoms with van der Waals surface area (Å²) in [6.07, 6.45) is 0. The summed E-state index contributed by atoms with van der Waals surface area (Å²) in [5.41, 5.74) is 12.1. The average molecular weight is 769 g/mol. The second-order valence-corrected chi connectivity index (χ2v) is 29.1. The van der Waals surface area contributed by atoms with Crippen LogP contribution in [0.3, 0.4) is 0 Å². The van der Waals surface area contributed by atoms with Gasteiger partial charge in [0.25, 0.3) is 0 Å². The monoisotopic (exact) mass is 768 g/mol. The molecule has 0 fully saturated rings. The van der Waals surface area contributed by atoms with Crippen LogP contribution in [0.5, 0.6) is 0 Å². The van der Waals surface area contributed by atoms with Crippen molar-refractivity contribution in [3.63, 3.8) is 0 Å². The van der Waals surface area contributed by atoms with E-state index < -0.39 is 16.1 Å². The third kappa shape index (κ3) is 6.15. The number of hydrogen-bond donors (Lipinski definition) is 0. The Labute approximate surface area is 328 Å². The van der Waals surface area contributed by atoms with Gasteiger partial charge in [-0.05, 0) is 93.0 Å². The first-order valence-corrected chi connectivity index (χ1v) is 27.4. The topological polar surface area (TPSA) is 25.8 Å². The maximum absolute atomic E-state index is 5.06. The molecular formula is C48H44N2S2Si2. The zero-order valence-corrected chi connectivity index (χ0v) is 35.9. The highest BCUT2D eigenvalue weighted by Crippen LogP contribution is 2.45. The third-order valence-corrected chi connectivity index (χ3v) is 17.2. The summed E-state index contributed by atoms with van der Waals surface area (Å²) < 4.78 is 2.55. The summed E-state index contributed by atoms with van der Waals surface area (Å²) in [5.74, 6) is 0. The van der Waals surface area contributed by atoms with Crippen LogP contribution in [0.2, 0.25) is 39.3 Å². The molecule has 0 aliphatic heterocycles. The molecule has 54 heavy (non-hydrogen) atoms. The highest BCUT2D eigenvalue weighted by atomic mass is 32.1. The van der Waals surface area contributed by atoms with Crippen LogP contribution in [0, 0.1) is 13.8 Å². The molecule has 0 aliphatic carbocycles. The lowest BCUT2D eigenvalue weighted by atomic mass is 9.84. The lowest BCUT2D eigenvalue weighted by Gasteiger charge is -2.19. The van der Waals surface area contributed by atoms with Crippen LogP contribution in [0.25, 0.3) is 85.4 Å². The van der Waals surface area contributed by atoms with Gasteiger partial charge in [0.15, 0.2) is 0 Å². The van der Waals surface area contributed by atoms with Gasteiger partial charge in [0.1, 0.15) is 10.0 Å². The van der Waals surface area contributed by atoms with Gasteiger partial charge in [0.2, 0.25) is 0 Å². The maximum Gasteiger partial charge on any atom is 0.124 e. The summed E-state index contributed by atoms with van der Waals surface area (Å²) in [7, 11) is -2.79. The molecule has 0 radical (unpaired) electrons. The number of aryl methyl sites for hydroxylation is 2. The Bertz CT molecular complexity index is 2710. The first-order valence-electron chi connectivity index (χ1n) is 18.8. The van der Waals surface area contributed by atoms with Gasteiger partial charge in [-0.15, -0.1) is 22.7 Å². The Hall–Kier alpha value is -4.73. The standard InChI is InChI=1S/C48H44N2S2Si2/c1-29-25-39-40(26-30(29)2)46(32-15-19-34(20-16-32)48-50-42-24-22-36(54(6,7)8)28-44(42)52-48)38-12-10-9-11-37(38)45(39)31-13-17-33(18-14-31)47-49-41-23-21-35(53(3,4)5)27-43(41)51-47/h9-28H,1-8H3. The summed E-state index contributed by atoms with van der Waals surface area (Å²) in [6.45, 7) is 18.9. The van der Waals surface area contributed by atoms with Crippen LogP contribution in [0.1, 0.15) is 11.1 Å². The van der Waals surface area contributed by atoms with E-state index in [1.54, 1.807) is 22.7 Å². The quantitative estimate of drug-likeness (QED) is 0.124. The predicted molar refractivity (Wildman–Crippen MR) is 245 cm³/mol. The van der Waals surface area contributed by atoms with E-state index in [0.717, 1.165) is 32.2 Å². The molecule has 0 spiro atoms. The Balaban J connectivity index is 1.14. The fourth-order valence-electron chi connectivity index (χ4n) is 7.65. The molecule has 0 amide bonds. The first kappa shape index (κ1) is 35.0. The van der Waals surface area contributed by atoms with Crippen molar-refractivity contribution < 1.29 is 0 Å². The van der Waals surface area contributed by atoms with Crippen molar-refractivity contribution in [1.82, 2.24) is 9.97 Å². The smallest absolute Gasteiger partial charge is 0.124 e.